The minimum Gasteiger partial charge on any atom is -0.298 e. The molecule has 1 aliphatic rings. The van der Waals surface area contributed by atoms with Crippen molar-refractivity contribution >= 4 is 40.7 Å². The van der Waals surface area contributed by atoms with E-state index < -0.39 is 0 Å². The number of rotatable bonds is 5. The standard InChI is InChI=1S/C15H18Cl2OS/c16-14-7-6-11(9-15(14)17)8-12(18)10-19-13-4-2-1-3-5-13/h6-7,9,13H,1-5,8,10H2. The molecule has 0 amide bonds. The van der Waals surface area contributed by atoms with Gasteiger partial charge in [-0.25, -0.2) is 0 Å². The third-order valence-electron chi connectivity index (χ3n) is 3.42. The number of thioether (sulfide) groups is 1. The highest BCUT2D eigenvalue weighted by Crippen LogP contribution is 2.28. The van der Waals surface area contributed by atoms with Crippen molar-refractivity contribution in [2.24, 2.45) is 0 Å². The molecule has 1 aliphatic carbocycles. The summed E-state index contributed by atoms with van der Waals surface area (Å²) in [5, 5.41) is 1.74. The van der Waals surface area contributed by atoms with Gasteiger partial charge in [0.15, 0.2) is 0 Å². The van der Waals surface area contributed by atoms with Crippen LogP contribution < -0.4 is 0 Å². The Labute approximate surface area is 129 Å². The lowest BCUT2D eigenvalue weighted by Crippen LogP contribution is -2.13. The zero-order chi connectivity index (χ0) is 13.7. The zero-order valence-electron chi connectivity index (χ0n) is 10.8. The van der Waals surface area contributed by atoms with Crippen LogP contribution in [0.3, 0.4) is 0 Å². The lowest BCUT2D eigenvalue weighted by atomic mass is 10.0. The van der Waals surface area contributed by atoms with Gasteiger partial charge in [-0.2, -0.15) is 11.8 Å². The molecule has 4 heteroatoms. The molecule has 0 aromatic heterocycles. The summed E-state index contributed by atoms with van der Waals surface area (Å²) in [7, 11) is 0. The Hall–Kier alpha value is -0.180. The normalized spacial score (nSPS) is 16.5. The monoisotopic (exact) mass is 316 g/mol. The van der Waals surface area contributed by atoms with Crippen LogP contribution >= 0.6 is 35.0 Å². The van der Waals surface area contributed by atoms with E-state index in [-0.39, 0.29) is 5.78 Å². The Morgan fingerprint density at radius 2 is 1.89 bits per heavy atom. The van der Waals surface area contributed by atoms with E-state index >= 15 is 0 Å². The van der Waals surface area contributed by atoms with E-state index in [0.29, 0.717) is 27.5 Å². The van der Waals surface area contributed by atoms with Gasteiger partial charge < -0.3 is 0 Å². The van der Waals surface area contributed by atoms with E-state index in [1.165, 1.54) is 32.1 Å². The first-order chi connectivity index (χ1) is 9.15. The quantitative estimate of drug-likeness (QED) is 0.745. The number of carbonyl (C=O) groups excluding carboxylic acids is 1. The van der Waals surface area contributed by atoms with E-state index in [2.05, 4.69) is 0 Å². The van der Waals surface area contributed by atoms with Crippen molar-refractivity contribution in [2.45, 2.75) is 43.8 Å². The molecule has 1 fully saturated rings. The van der Waals surface area contributed by atoms with Crippen molar-refractivity contribution in [3.05, 3.63) is 33.8 Å². The van der Waals surface area contributed by atoms with Crippen LogP contribution in [0.1, 0.15) is 37.7 Å². The summed E-state index contributed by atoms with van der Waals surface area (Å²) in [6.45, 7) is 0. The van der Waals surface area contributed by atoms with Crippen LogP contribution in [-0.2, 0) is 11.2 Å². The largest absolute Gasteiger partial charge is 0.298 e. The van der Waals surface area contributed by atoms with Crippen molar-refractivity contribution in [1.29, 1.82) is 0 Å². The third-order valence-corrected chi connectivity index (χ3v) is 5.59. The van der Waals surface area contributed by atoms with E-state index in [4.69, 9.17) is 23.2 Å². The molecule has 0 aliphatic heterocycles. The molecule has 19 heavy (non-hydrogen) atoms. The Bertz CT molecular complexity index is 442. The first-order valence-electron chi connectivity index (χ1n) is 6.72. The fourth-order valence-corrected chi connectivity index (χ4v) is 3.88. The van der Waals surface area contributed by atoms with Gasteiger partial charge in [-0.3, -0.25) is 4.79 Å². The van der Waals surface area contributed by atoms with Crippen LogP contribution in [0.2, 0.25) is 10.0 Å². The first-order valence-corrected chi connectivity index (χ1v) is 8.53. The molecule has 1 aromatic rings. The lowest BCUT2D eigenvalue weighted by molar-refractivity contribution is -0.116. The molecule has 0 heterocycles. The van der Waals surface area contributed by atoms with Crippen LogP contribution in [-0.4, -0.2) is 16.8 Å². The third kappa shape index (κ3) is 5.02. The molecular formula is C15H18Cl2OS. The van der Waals surface area contributed by atoms with Gasteiger partial charge in [0.05, 0.1) is 15.8 Å². The molecule has 1 saturated carbocycles. The zero-order valence-corrected chi connectivity index (χ0v) is 13.2. The second-order valence-corrected chi connectivity index (χ2v) is 7.14. The molecule has 1 nitrogen and oxygen atoms in total. The Balaban J connectivity index is 1.78. The Kier molecular flexibility index (Phi) is 6.06. The van der Waals surface area contributed by atoms with Gasteiger partial charge >= 0.3 is 0 Å². The summed E-state index contributed by atoms with van der Waals surface area (Å²) in [5.74, 6) is 0.888. The molecule has 2 rings (SSSR count). The van der Waals surface area contributed by atoms with Gasteiger partial charge in [-0.05, 0) is 30.5 Å². The van der Waals surface area contributed by atoms with Crippen molar-refractivity contribution in [2.75, 3.05) is 5.75 Å². The van der Waals surface area contributed by atoms with Gasteiger partial charge in [-0.1, -0.05) is 48.5 Å². The summed E-state index contributed by atoms with van der Waals surface area (Å²) >= 11 is 13.6. The topological polar surface area (TPSA) is 17.1 Å². The second-order valence-electron chi connectivity index (χ2n) is 5.03. The number of carbonyl (C=O) groups is 1. The van der Waals surface area contributed by atoms with Crippen molar-refractivity contribution in [1.82, 2.24) is 0 Å². The summed E-state index contributed by atoms with van der Waals surface area (Å²) in [4.78, 5) is 12.0. The first kappa shape index (κ1) is 15.2. The average Bonchev–Trinajstić information content (AvgIpc) is 2.42. The number of hydrogen-bond donors (Lipinski definition) is 0. The van der Waals surface area contributed by atoms with E-state index in [1.807, 2.05) is 17.8 Å². The summed E-state index contributed by atoms with van der Waals surface area (Å²) in [6.07, 6.45) is 6.98. The number of hydrogen-bond acceptors (Lipinski definition) is 2. The second kappa shape index (κ2) is 7.56. The molecule has 1 aromatic carbocycles. The van der Waals surface area contributed by atoms with Gasteiger partial charge in [0, 0.05) is 11.7 Å². The van der Waals surface area contributed by atoms with Crippen molar-refractivity contribution in [3.8, 4) is 0 Å². The maximum atomic E-state index is 12.0. The molecule has 104 valence electrons. The number of Topliss-reactive ketones (excluding diaryl/α,β-unsaturated/α-hetero) is 1. The van der Waals surface area contributed by atoms with Crippen LogP contribution in [0.25, 0.3) is 0 Å². The summed E-state index contributed by atoms with van der Waals surface area (Å²) in [5.41, 5.74) is 0.948. The fourth-order valence-electron chi connectivity index (χ4n) is 2.37. The van der Waals surface area contributed by atoms with E-state index in [9.17, 15) is 4.79 Å². The maximum Gasteiger partial charge on any atom is 0.147 e. The van der Waals surface area contributed by atoms with Gasteiger partial charge in [0.2, 0.25) is 0 Å². The highest BCUT2D eigenvalue weighted by molar-refractivity contribution is 8.00. The highest BCUT2D eigenvalue weighted by Gasteiger charge is 2.15. The molecule has 0 N–H and O–H groups in total. The maximum absolute atomic E-state index is 12.0. The fraction of sp³-hybridized carbons (Fsp3) is 0.533. The predicted molar refractivity (Wildman–Crippen MR) is 84.5 cm³/mol. The molecule has 0 bridgehead atoms. The van der Waals surface area contributed by atoms with Crippen LogP contribution in [0.5, 0.6) is 0 Å². The summed E-state index contributed by atoms with van der Waals surface area (Å²) in [6, 6.07) is 5.41. The highest BCUT2D eigenvalue weighted by atomic mass is 35.5. The molecular weight excluding hydrogens is 299 g/mol. The lowest BCUT2D eigenvalue weighted by Gasteiger charge is -2.20. The average molecular weight is 317 g/mol. The van der Waals surface area contributed by atoms with E-state index in [0.717, 1.165) is 5.56 Å². The number of ketones is 1. The van der Waals surface area contributed by atoms with Crippen molar-refractivity contribution < 1.29 is 4.79 Å². The minimum absolute atomic E-state index is 0.272. The minimum atomic E-state index is 0.272. The number of benzene rings is 1. The van der Waals surface area contributed by atoms with E-state index in [1.54, 1.807) is 12.1 Å². The van der Waals surface area contributed by atoms with Gasteiger partial charge in [0.25, 0.3) is 0 Å². The Morgan fingerprint density at radius 3 is 2.58 bits per heavy atom. The van der Waals surface area contributed by atoms with Crippen LogP contribution in [0, 0.1) is 0 Å². The Morgan fingerprint density at radius 1 is 1.16 bits per heavy atom. The number of halogens is 2. The molecule has 0 unspecified atom stereocenters. The summed E-state index contributed by atoms with van der Waals surface area (Å²) < 4.78 is 0. The molecule has 0 saturated heterocycles. The van der Waals surface area contributed by atoms with Gasteiger partial charge in [-0.15, -0.1) is 0 Å². The van der Waals surface area contributed by atoms with Crippen LogP contribution in [0.15, 0.2) is 18.2 Å². The molecule has 0 spiro atoms. The van der Waals surface area contributed by atoms with Crippen molar-refractivity contribution in [3.63, 3.8) is 0 Å². The molecule has 0 radical (unpaired) electrons. The smallest absolute Gasteiger partial charge is 0.147 e. The molecule has 0 atom stereocenters. The predicted octanol–water partition coefficient (Wildman–Crippen LogP) is 5.17. The van der Waals surface area contributed by atoms with Gasteiger partial charge in [0.1, 0.15) is 5.78 Å². The SMILES string of the molecule is O=C(CSC1CCCCC1)Cc1ccc(Cl)c(Cl)c1. The van der Waals surface area contributed by atoms with Crippen LogP contribution in [0.4, 0.5) is 0 Å².